The van der Waals surface area contributed by atoms with Crippen LogP contribution in [0.1, 0.15) is 11.1 Å². The van der Waals surface area contributed by atoms with E-state index < -0.39 is 5.97 Å². The summed E-state index contributed by atoms with van der Waals surface area (Å²) in [5, 5.41) is 11.2. The fraction of sp³-hybridized carbons (Fsp3) is 0.0526. The van der Waals surface area contributed by atoms with Gasteiger partial charge in [-0.05, 0) is 29.0 Å². The Balaban J connectivity index is 2.10. The molecule has 3 aromatic rings. The minimum Gasteiger partial charge on any atom is -0.480 e. The second-order valence-corrected chi connectivity index (χ2v) is 6.04. The Kier molecular flexibility index (Phi) is 4.53. The molecule has 3 aromatic carbocycles. The molecule has 0 heterocycles. The Morgan fingerprint density at radius 2 is 1.57 bits per heavy atom. The number of carboxylic acids is 1. The maximum Gasteiger partial charge on any atom is 0.325 e. The van der Waals surface area contributed by atoms with Gasteiger partial charge in [0, 0.05) is 15.6 Å². The van der Waals surface area contributed by atoms with Crippen molar-refractivity contribution in [1.82, 2.24) is 0 Å². The van der Waals surface area contributed by atoms with Gasteiger partial charge in [0.1, 0.15) is 6.54 Å². The number of carboxylic acid groups (broad SMARTS) is 1. The Morgan fingerprint density at radius 3 is 2.26 bits per heavy atom. The first-order chi connectivity index (χ1) is 11.1. The zero-order valence-corrected chi connectivity index (χ0v) is 13.8. The minimum atomic E-state index is -0.944. The van der Waals surface area contributed by atoms with Crippen molar-refractivity contribution in [2.24, 2.45) is 4.99 Å². The summed E-state index contributed by atoms with van der Waals surface area (Å²) in [6.07, 6.45) is 0. The smallest absolute Gasteiger partial charge is 0.325 e. The van der Waals surface area contributed by atoms with Crippen LogP contribution in [0.25, 0.3) is 10.8 Å². The lowest BCUT2D eigenvalue weighted by Crippen LogP contribution is -2.08. The highest BCUT2D eigenvalue weighted by Gasteiger charge is 2.09. The molecule has 0 spiro atoms. The van der Waals surface area contributed by atoms with E-state index in [2.05, 4.69) is 20.9 Å². The van der Waals surface area contributed by atoms with Gasteiger partial charge >= 0.3 is 5.97 Å². The largest absolute Gasteiger partial charge is 0.480 e. The minimum absolute atomic E-state index is 0.252. The number of benzene rings is 3. The van der Waals surface area contributed by atoms with Crippen LogP contribution >= 0.6 is 15.9 Å². The molecule has 0 unspecified atom stereocenters. The molecule has 0 fully saturated rings. The summed E-state index contributed by atoms with van der Waals surface area (Å²) in [6.45, 7) is -0.252. The fourth-order valence-corrected chi connectivity index (χ4v) is 2.70. The van der Waals surface area contributed by atoms with Crippen LogP contribution in [0.4, 0.5) is 0 Å². The average Bonchev–Trinajstić information content (AvgIpc) is 2.56. The molecule has 114 valence electrons. The number of fused-ring (bicyclic) bond motifs is 1. The highest BCUT2D eigenvalue weighted by Crippen LogP contribution is 2.20. The van der Waals surface area contributed by atoms with E-state index in [1.807, 2.05) is 66.7 Å². The van der Waals surface area contributed by atoms with Crippen LogP contribution in [-0.4, -0.2) is 23.3 Å². The van der Waals surface area contributed by atoms with Crippen molar-refractivity contribution in [3.05, 3.63) is 82.3 Å². The number of aliphatic imine (C=N–C) groups is 1. The Hall–Kier alpha value is -2.46. The summed E-state index contributed by atoms with van der Waals surface area (Å²) in [4.78, 5) is 15.2. The van der Waals surface area contributed by atoms with Gasteiger partial charge < -0.3 is 5.11 Å². The maximum atomic E-state index is 10.9. The zero-order chi connectivity index (χ0) is 16.2. The van der Waals surface area contributed by atoms with Gasteiger partial charge in [0.05, 0.1) is 5.71 Å². The highest BCUT2D eigenvalue weighted by atomic mass is 79.9. The van der Waals surface area contributed by atoms with Gasteiger partial charge in [0.15, 0.2) is 0 Å². The Bertz CT molecular complexity index is 885. The van der Waals surface area contributed by atoms with Gasteiger partial charge in [0.25, 0.3) is 0 Å². The van der Waals surface area contributed by atoms with Crippen molar-refractivity contribution in [2.75, 3.05) is 6.54 Å². The van der Waals surface area contributed by atoms with Gasteiger partial charge in [-0.25, -0.2) is 0 Å². The van der Waals surface area contributed by atoms with Crippen LogP contribution in [-0.2, 0) is 4.79 Å². The molecular weight excluding hydrogens is 354 g/mol. The van der Waals surface area contributed by atoms with E-state index in [9.17, 15) is 4.79 Å². The number of hydrogen-bond donors (Lipinski definition) is 1. The lowest BCUT2D eigenvalue weighted by atomic mass is 9.99. The molecule has 0 aliphatic heterocycles. The number of hydrogen-bond acceptors (Lipinski definition) is 2. The van der Waals surface area contributed by atoms with Crippen LogP contribution in [0.2, 0.25) is 0 Å². The van der Waals surface area contributed by atoms with Crippen LogP contribution < -0.4 is 0 Å². The highest BCUT2D eigenvalue weighted by molar-refractivity contribution is 9.10. The molecule has 0 atom stereocenters. The number of carbonyl (C=O) groups is 1. The maximum absolute atomic E-state index is 10.9. The molecule has 1 N–H and O–H groups in total. The topological polar surface area (TPSA) is 49.7 Å². The van der Waals surface area contributed by atoms with Gasteiger partial charge in [-0.15, -0.1) is 0 Å². The van der Waals surface area contributed by atoms with Crippen molar-refractivity contribution in [3.8, 4) is 0 Å². The first-order valence-electron chi connectivity index (χ1n) is 7.15. The van der Waals surface area contributed by atoms with E-state index in [1.54, 1.807) is 0 Å². The quantitative estimate of drug-likeness (QED) is 0.688. The van der Waals surface area contributed by atoms with E-state index in [-0.39, 0.29) is 6.54 Å². The lowest BCUT2D eigenvalue weighted by molar-refractivity contribution is -0.135. The summed E-state index contributed by atoms with van der Waals surface area (Å²) in [6, 6.07) is 21.8. The molecule has 0 saturated carbocycles. The molecule has 0 radical (unpaired) electrons. The second kappa shape index (κ2) is 6.75. The van der Waals surface area contributed by atoms with Gasteiger partial charge in [-0.2, -0.15) is 0 Å². The molecule has 0 saturated heterocycles. The van der Waals surface area contributed by atoms with E-state index in [0.717, 1.165) is 26.4 Å². The number of aliphatic carboxylic acids is 1. The molecule has 0 aromatic heterocycles. The summed E-state index contributed by atoms with van der Waals surface area (Å²) in [5.74, 6) is -0.944. The average molecular weight is 368 g/mol. The van der Waals surface area contributed by atoms with Crippen LogP contribution in [0, 0.1) is 0 Å². The van der Waals surface area contributed by atoms with Gasteiger partial charge in [0.2, 0.25) is 0 Å². The van der Waals surface area contributed by atoms with Gasteiger partial charge in [-0.1, -0.05) is 64.5 Å². The van der Waals surface area contributed by atoms with E-state index in [0.29, 0.717) is 5.71 Å². The third-order valence-corrected chi connectivity index (χ3v) is 4.04. The molecule has 0 bridgehead atoms. The van der Waals surface area contributed by atoms with Crippen molar-refractivity contribution in [3.63, 3.8) is 0 Å². The molecule has 3 nitrogen and oxygen atoms in total. The van der Waals surface area contributed by atoms with E-state index in [1.165, 1.54) is 0 Å². The number of halogens is 1. The van der Waals surface area contributed by atoms with E-state index in [4.69, 9.17) is 5.11 Å². The van der Waals surface area contributed by atoms with Crippen LogP contribution in [0.5, 0.6) is 0 Å². The zero-order valence-electron chi connectivity index (χ0n) is 12.2. The molecule has 4 heteroatoms. The molecule has 3 rings (SSSR count). The first-order valence-corrected chi connectivity index (χ1v) is 7.94. The van der Waals surface area contributed by atoms with Gasteiger partial charge in [-0.3, -0.25) is 9.79 Å². The van der Waals surface area contributed by atoms with Crippen molar-refractivity contribution in [2.45, 2.75) is 0 Å². The van der Waals surface area contributed by atoms with Crippen molar-refractivity contribution < 1.29 is 9.90 Å². The summed E-state index contributed by atoms with van der Waals surface area (Å²) < 4.78 is 0.970. The monoisotopic (exact) mass is 367 g/mol. The Labute approximate surface area is 142 Å². The van der Waals surface area contributed by atoms with Crippen LogP contribution in [0.3, 0.4) is 0 Å². The van der Waals surface area contributed by atoms with Crippen molar-refractivity contribution >= 4 is 38.4 Å². The number of rotatable bonds is 4. The standard InChI is InChI=1S/C19H14BrNO2/c20-17-9-7-14(8-10-17)19(21-12-18(22)23)16-6-5-13-3-1-2-4-15(13)11-16/h1-11H,12H2,(H,22,23). The lowest BCUT2D eigenvalue weighted by Gasteiger charge is -2.09. The van der Waals surface area contributed by atoms with E-state index >= 15 is 0 Å². The molecule has 0 aliphatic rings. The summed E-state index contributed by atoms with van der Waals surface area (Å²) in [7, 11) is 0. The predicted molar refractivity (Wildman–Crippen MR) is 96.2 cm³/mol. The third-order valence-electron chi connectivity index (χ3n) is 3.51. The van der Waals surface area contributed by atoms with Crippen LogP contribution in [0.15, 0.2) is 76.2 Å². The second-order valence-electron chi connectivity index (χ2n) is 5.13. The first kappa shape index (κ1) is 15.4. The summed E-state index contributed by atoms with van der Waals surface area (Å²) in [5.41, 5.74) is 2.49. The molecule has 0 amide bonds. The molecule has 23 heavy (non-hydrogen) atoms. The third kappa shape index (κ3) is 3.66. The predicted octanol–water partition coefficient (Wildman–Crippen LogP) is 4.52. The SMILES string of the molecule is O=C(O)CN=C(c1ccc(Br)cc1)c1ccc2ccccc2c1. The summed E-state index contributed by atoms with van der Waals surface area (Å²) >= 11 is 3.41. The molecule has 0 aliphatic carbocycles. The molecular formula is C19H14BrNO2. The number of nitrogens with zero attached hydrogens (tertiary/aromatic N) is 1. The Morgan fingerprint density at radius 1 is 0.913 bits per heavy atom. The normalized spacial score (nSPS) is 11.6. The fourth-order valence-electron chi connectivity index (χ4n) is 2.44. The van der Waals surface area contributed by atoms with Crippen molar-refractivity contribution in [1.29, 1.82) is 0 Å².